The van der Waals surface area contributed by atoms with Crippen molar-refractivity contribution < 1.29 is 27.9 Å². The molecular formula is C28H31ClF2N4O4. The van der Waals surface area contributed by atoms with Crippen LogP contribution in [0, 0.1) is 5.82 Å². The molecule has 208 valence electrons. The summed E-state index contributed by atoms with van der Waals surface area (Å²) in [6, 6.07) is 10.3. The third-order valence-corrected chi connectivity index (χ3v) is 7.06. The molecule has 0 bridgehead atoms. The van der Waals surface area contributed by atoms with E-state index in [1.807, 2.05) is 19.0 Å². The van der Waals surface area contributed by atoms with Crippen LogP contribution >= 0.6 is 11.6 Å². The average Bonchev–Trinajstić information content (AvgIpc) is 3.42. The number of nitrogens with zero attached hydrogens (tertiary/aromatic N) is 3. The fourth-order valence-electron chi connectivity index (χ4n) is 4.76. The molecule has 1 saturated heterocycles. The van der Waals surface area contributed by atoms with Crippen molar-refractivity contribution in [2.24, 2.45) is 0 Å². The van der Waals surface area contributed by atoms with E-state index in [9.17, 15) is 18.8 Å². The van der Waals surface area contributed by atoms with Gasteiger partial charge in [-0.15, -0.1) is 0 Å². The van der Waals surface area contributed by atoms with Crippen molar-refractivity contribution in [2.75, 3.05) is 33.8 Å². The number of carbonyl (C=O) groups excluding carboxylic acids is 3. The molecule has 1 aliphatic rings. The Hall–Kier alpha value is -3.34. The number of benzene rings is 2. The third kappa shape index (κ3) is 6.29. The molecule has 2 amide bonds. The standard InChI is InChI=1S/C28H31ClF2N4O4/c1-17(36)20-14-34(23-10-5-4-8-19(20)23)16-24(37)35-15-22(30)27(39-12-11-33(2)3)26(35)28(38)32-13-18-7-6-9-21(29)25(18)31/h4-10,14,22,26-27H,11-13,15-16H2,1-3H3,(H,32,38)/t22-,26-,27+/m0/s1. The second-order valence-corrected chi connectivity index (χ2v) is 10.2. The highest BCUT2D eigenvalue weighted by Crippen LogP contribution is 2.27. The molecule has 0 spiro atoms. The number of nitrogens with one attached hydrogen (secondary N) is 1. The summed E-state index contributed by atoms with van der Waals surface area (Å²) >= 11 is 5.85. The number of fused-ring (bicyclic) bond motifs is 1. The van der Waals surface area contributed by atoms with Crippen LogP contribution in [0.15, 0.2) is 48.7 Å². The molecule has 3 aromatic rings. The Morgan fingerprint density at radius 2 is 1.90 bits per heavy atom. The largest absolute Gasteiger partial charge is 0.371 e. The maximum atomic E-state index is 15.3. The number of hydrogen-bond acceptors (Lipinski definition) is 5. The first kappa shape index (κ1) is 28.7. The van der Waals surface area contributed by atoms with Crippen molar-refractivity contribution in [1.29, 1.82) is 0 Å². The van der Waals surface area contributed by atoms with Crippen molar-refractivity contribution in [3.05, 3.63) is 70.6 Å². The molecule has 11 heteroatoms. The Morgan fingerprint density at radius 3 is 2.62 bits per heavy atom. The van der Waals surface area contributed by atoms with Gasteiger partial charge in [-0.1, -0.05) is 41.9 Å². The number of alkyl halides is 1. The Labute approximate surface area is 230 Å². The van der Waals surface area contributed by atoms with Crippen LogP contribution in [0.1, 0.15) is 22.8 Å². The minimum absolute atomic E-state index is 0.0861. The number of amides is 2. The molecule has 8 nitrogen and oxygen atoms in total. The lowest BCUT2D eigenvalue weighted by Gasteiger charge is -2.27. The van der Waals surface area contributed by atoms with E-state index in [2.05, 4.69) is 5.32 Å². The third-order valence-electron chi connectivity index (χ3n) is 6.77. The highest BCUT2D eigenvalue weighted by Gasteiger charge is 2.49. The smallest absolute Gasteiger partial charge is 0.245 e. The minimum atomic E-state index is -1.61. The fourth-order valence-corrected chi connectivity index (χ4v) is 4.96. The van der Waals surface area contributed by atoms with Crippen LogP contribution in [0.25, 0.3) is 10.9 Å². The summed E-state index contributed by atoms with van der Waals surface area (Å²) in [6.45, 7) is 1.33. The molecule has 0 saturated carbocycles. The molecule has 1 aromatic heterocycles. The molecule has 2 heterocycles. The van der Waals surface area contributed by atoms with Gasteiger partial charge in [-0.3, -0.25) is 14.4 Å². The number of rotatable bonds is 10. The Balaban J connectivity index is 1.58. The molecule has 0 aliphatic carbocycles. The van der Waals surface area contributed by atoms with Crippen molar-refractivity contribution in [1.82, 2.24) is 19.7 Å². The summed E-state index contributed by atoms with van der Waals surface area (Å²) in [6.07, 6.45) is -1.22. The minimum Gasteiger partial charge on any atom is -0.371 e. The van der Waals surface area contributed by atoms with E-state index < -0.39 is 35.9 Å². The molecule has 3 atom stereocenters. The van der Waals surface area contributed by atoms with Gasteiger partial charge in [-0.05, 0) is 33.2 Å². The number of likely N-dealkylation sites (tertiary alicyclic amines) is 1. The quantitative estimate of drug-likeness (QED) is 0.384. The van der Waals surface area contributed by atoms with Gasteiger partial charge in [0.25, 0.3) is 0 Å². The zero-order valence-electron chi connectivity index (χ0n) is 22.0. The summed E-state index contributed by atoms with van der Waals surface area (Å²) in [4.78, 5) is 42.1. The van der Waals surface area contributed by atoms with Crippen LogP contribution < -0.4 is 5.32 Å². The lowest BCUT2D eigenvalue weighted by Crippen LogP contribution is -2.52. The maximum Gasteiger partial charge on any atom is 0.245 e. The van der Waals surface area contributed by atoms with Crippen LogP contribution in [0.5, 0.6) is 0 Å². The molecule has 2 aromatic carbocycles. The van der Waals surface area contributed by atoms with Crippen LogP contribution in [-0.2, 0) is 27.4 Å². The molecule has 4 rings (SSSR count). The first-order valence-electron chi connectivity index (χ1n) is 12.6. The predicted octanol–water partition coefficient (Wildman–Crippen LogP) is 3.45. The Kier molecular flexibility index (Phi) is 8.99. The van der Waals surface area contributed by atoms with E-state index in [0.29, 0.717) is 23.0 Å². The summed E-state index contributed by atoms with van der Waals surface area (Å²) in [5.41, 5.74) is 1.29. The summed E-state index contributed by atoms with van der Waals surface area (Å²) in [5.74, 6) is -2.00. The van der Waals surface area contributed by atoms with E-state index >= 15 is 4.39 Å². The van der Waals surface area contributed by atoms with Crippen molar-refractivity contribution in [3.8, 4) is 0 Å². The van der Waals surface area contributed by atoms with Gasteiger partial charge < -0.3 is 24.4 Å². The number of hydrogen-bond donors (Lipinski definition) is 1. The van der Waals surface area contributed by atoms with Gasteiger partial charge in [-0.25, -0.2) is 8.78 Å². The average molecular weight is 561 g/mol. The van der Waals surface area contributed by atoms with Crippen LogP contribution in [0.2, 0.25) is 5.02 Å². The van der Waals surface area contributed by atoms with Gasteiger partial charge in [0.05, 0.1) is 18.2 Å². The van der Waals surface area contributed by atoms with Crippen LogP contribution in [0.4, 0.5) is 8.78 Å². The molecular weight excluding hydrogens is 530 g/mol. The first-order chi connectivity index (χ1) is 18.6. The van der Waals surface area contributed by atoms with Crippen LogP contribution in [0.3, 0.4) is 0 Å². The van der Waals surface area contributed by atoms with E-state index in [1.54, 1.807) is 41.1 Å². The van der Waals surface area contributed by atoms with Crippen LogP contribution in [-0.4, -0.2) is 84.1 Å². The second-order valence-electron chi connectivity index (χ2n) is 9.82. The maximum absolute atomic E-state index is 15.3. The van der Waals surface area contributed by atoms with E-state index in [4.69, 9.17) is 16.3 Å². The molecule has 1 N–H and O–H groups in total. The van der Waals surface area contributed by atoms with E-state index in [1.165, 1.54) is 19.1 Å². The number of halogens is 3. The zero-order valence-corrected chi connectivity index (χ0v) is 22.8. The van der Waals surface area contributed by atoms with Gasteiger partial charge in [-0.2, -0.15) is 0 Å². The number of ketones is 1. The topological polar surface area (TPSA) is 83.9 Å². The van der Waals surface area contributed by atoms with E-state index in [0.717, 1.165) is 4.90 Å². The molecule has 0 radical (unpaired) electrons. The van der Waals surface area contributed by atoms with Crippen molar-refractivity contribution in [3.63, 3.8) is 0 Å². The highest BCUT2D eigenvalue weighted by atomic mass is 35.5. The van der Waals surface area contributed by atoms with Gasteiger partial charge in [0.2, 0.25) is 11.8 Å². The second kappa shape index (κ2) is 12.2. The van der Waals surface area contributed by atoms with Crippen molar-refractivity contribution in [2.45, 2.75) is 38.3 Å². The normalized spacial score (nSPS) is 19.2. The summed E-state index contributed by atoms with van der Waals surface area (Å²) < 4.78 is 37.1. The number of aromatic nitrogens is 1. The van der Waals surface area contributed by atoms with Gasteiger partial charge in [0, 0.05) is 41.3 Å². The monoisotopic (exact) mass is 560 g/mol. The lowest BCUT2D eigenvalue weighted by molar-refractivity contribution is -0.142. The Morgan fingerprint density at radius 1 is 1.15 bits per heavy atom. The lowest BCUT2D eigenvalue weighted by atomic mass is 10.1. The zero-order chi connectivity index (χ0) is 28.3. The number of ether oxygens (including phenoxy) is 1. The Bertz CT molecular complexity index is 1380. The molecule has 39 heavy (non-hydrogen) atoms. The number of likely N-dealkylation sites (N-methyl/N-ethyl adjacent to an activating group) is 1. The first-order valence-corrected chi connectivity index (χ1v) is 13.0. The number of carbonyl (C=O) groups is 3. The van der Waals surface area contributed by atoms with Gasteiger partial charge in [0.15, 0.2) is 5.78 Å². The SMILES string of the molecule is CC(=O)c1cn(CC(=O)N2C[C@H](F)[C@@H](OCCN(C)C)[C@H]2C(=O)NCc2cccc(Cl)c2F)c2ccccc12. The number of para-hydroxylation sites is 1. The number of Topliss-reactive ketones (excluding diaryl/α,β-unsaturated/α-hetero) is 1. The molecule has 1 fully saturated rings. The summed E-state index contributed by atoms with van der Waals surface area (Å²) in [5, 5.41) is 3.23. The fraction of sp³-hybridized carbons (Fsp3) is 0.393. The van der Waals surface area contributed by atoms with Gasteiger partial charge in [0.1, 0.15) is 30.7 Å². The molecule has 1 aliphatic heterocycles. The highest BCUT2D eigenvalue weighted by molar-refractivity contribution is 6.30. The van der Waals surface area contributed by atoms with Crippen molar-refractivity contribution >= 4 is 40.1 Å². The van der Waals surface area contributed by atoms with E-state index in [-0.39, 0.29) is 42.6 Å². The summed E-state index contributed by atoms with van der Waals surface area (Å²) in [7, 11) is 3.67. The predicted molar refractivity (Wildman–Crippen MR) is 144 cm³/mol. The molecule has 0 unspecified atom stereocenters. The van der Waals surface area contributed by atoms with Gasteiger partial charge >= 0.3 is 0 Å².